The maximum Gasteiger partial charge on any atom is 0.181 e. The number of H-pyrrole nitrogens is 1. The number of sulfone groups is 1. The van der Waals surface area contributed by atoms with Crippen LogP contribution in [0.25, 0.3) is 6.08 Å². The second kappa shape index (κ2) is 6.80. The van der Waals surface area contributed by atoms with Crippen LogP contribution < -0.4 is 4.90 Å². The molecule has 4 rings (SSSR count). The molecule has 1 aromatic carbocycles. The Balaban J connectivity index is 1.77. The summed E-state index contributed by atoms with van der Waals surface area (Å²) >= 11 is 0. The summed E-state index contributed by atoms with van der Waals surface area (Å²) in [7, 11) is -3.37. The number of aromatic amines is 1. The van der Waals surface area contributed by atoms with Gasteiger partial charge in [0.05, 0.1) is 15.8 Å². The molecule has 2 aliphatic heterocycles. The lowest BCUT2D eigenvalue weighted by Gasteiger charge is -2.29. The minimum absolute atomic E-state index is 0.358. The van der Waals surface area contributed by atoms with Crippen molar-refractivity contribution in [2.75, 3.05) is 24.7 Å². The Morgan fingerprint density at radius 2 is 1.93 bits per heavy atom. The minimum atomic E-state index is -3.37. The van der Waals surface area contributed by atoms with Crippen molar-refractivity contribution in [3.8, 4) is 0 Å². The van der Waals surface area contributed by atoms with Crippen LogP contribution in [-0.4, -0.2) is 43.6 Å². The van der Waals surface area contributed by atoms with Crippen molar-refractivity contribution in [2.45, 2.75) is 43.8 Å². The smallest absolute Gasteiger partial charge is 0.181 e. The van der Waals surface area contributed by atoms with Gasteiger partial charge in [-0.3, -0.25) is 5.10 Å². The lowest BCUT2D eigenvalue weighted by atomic mass is 10.0. The van der Waals surface area contributed by atoms with E-state index in [1.807, 2.05) is 45.1 Å². The van der Waals surface area contributed by atoms with Crippen molar-refractivity contribution >= 4 is 27.4 Å². The molecule has 7 heteroatoms. The number of aromatic nitrogens is 2. The first-order valence-corrected chi connectivity index (χ1v) is 10.9. The van der Waals surface area contributed by atoms with E-state index in [-0.39, 0.29) is 5.25 Å². The summed E-state index contributed by atoms with van der Waals surface area (Å²) in [5.74, 6) is 0.887. The third-order valence-electron chi connectivity index (χ3n) is 5.60. The van der Waals surface area contributed by atoms with E-state index < -0.39 is 9.84 Å². The number of nitrogens with one attached hydrogen (secondary N) is 1. The van der Waals surface area contributed by atoms with E-state index in [4.69, 9.17) is 4.74 Å². The zero-order chi connectivity index (χ0) is 19.2. The largest absolute Gasteiger partial charge is 0.381 e. The summed E-state index contributed by atoms with van der Waals surface area (Å²) in [5, 5.41) is 7.12. The lowest BCUT2D eigenvalue weighted by Crippen LogP contribution is -2.29. The number of benzene rings is 1. The third-order valence-corrected chi connectivity index (χ3v) is 8.00. The maximum absolute atomic E-state index is 13.2. The van der Waals surface area contributed by atoms with Crippen LogP contribution in [0.2, 0.25) is 0 Å². The highest BCUT2D eigenvalue weighted by molar-refractivity contribution is 7.92. The topological polar surface area (TPSA) is 75.3 Å². The molecule has 0 radical (unpaired) electrons. The van der Waals surface area contributed by atoms with Gasteiger partial charge in [-0.2, -0.15) is 5.10 Å². The molecule has 1 N–H and O–H groups in total. The molecule has 0 amide bonds. The Hall–Kier alpha value is -2.12. The Kier molecular flexibility index (Phi) is 4.60. The lowest BCUT2D eigenvalue weighted by molar-refractivity contribution is 0.0983. The Bertz CT molecular complexity index is 1000. The van der Waals surface area contributed by atoms with Crippen LogP contribution >= 0.6 is 0 Å². The first kappa shape index (κ1) is 18.3. The van der Waals surface area contributed by atoms with Crippen molar-refractivity contribution in [3.63, 3.8) is 0 Å². The van der Waals surface area contributed by atoms with Crippen LogP contribution in [0.1, 0.15) is 35.2 Å². The van der Waals surface area contributed by atoms with Crippen molar-refractivity contribution in [2.24, 2.45) is 0 Å². The van der Waals surface area contributed by atoms with Crippen LogP contribution in [-0.2, 0) is 14.6 Å². The zero-order valence-electron chi connectivity index (χ0n) is 15.9. The van der Waals surface area contributed by atoms with Gasteiger partial charge in [0, 0.05) is 31.0 Å². The van der Waals surface area contributed by atoms with Crippen molar-refractivity contribution in [3.05, 3.63) is 40.6 Å². The number of hydrogen-bond donors (Lipinski definition) is 1. The zero-order valence-corrected chi connectivity index (χ0v) is 16.8. The molecular weight excluding hydrogens is 362 g/mol. The van der Waals surface area contributed by atoms with Gasteiger partial charge in [0.15, 0.2) is 15.7 Å². The summed E-state index contributed by atoms with van der Waals surface area (Å²) < 4.78 is 31.7. The van der Waals surface area contributed by atoms with Crippen LogP contribution in [0, 0.1) is 20.8 Å². The van der Waals surface area contributed by atoms with Crippen LogP contribution in [0.3, 0.4) is 0 Å². The molecule has 27 heavy (non-hydrogen) atoms. The van der Waals surface area contributed by atoms with Crippen LogP contribution in [0.4, 0.5) is 11.5 Å². The third kappa shape index (κ3) is 3.08. The Labute approximate surface area is 160 Å². The second-order valence-electron chi connectivity index (χ2n) is 7.34. The van der Waals surface area contributed by atoms with Crippen LogP contribution in [0.15, 0.2) is 23.1 Å². The molecule has 144 valence electrons. The molecule has 0 unspecified atom stereocenters. The minimum Gasteiger partial charge on any atom is -0.381 e. The van der Waals surface area contributed by atoms with E-state index in [1.165, 1.54) is 0 Å². The molecule has 1 aromatic heterocycles. The molecule has 1 fully saturated rings. The van der Waals surface area contributed by atoms with Crippen molar-refractivity contribution in [1.29, 1.82) is 0 Å². The summed E-state index contributed by atoms with van der Waals surface area (Å²) in [4.78, 5) is 2.57. The number of fused-ring (bicyclic) bond motifs is 1. The number of ether oxygens (including phenoxy) is 1. The van der Waals surface area contributed by atoms with Crippen molar-refractivity contribution < 1.29 is 13.2 Å². The van der Waals surface area contributed by atoms with Crippen LogP contribution in [0.5, 0.6) is 0 Å². The first-order chi connectivity index (χ1) is 12.9. The van der Waals surface area contributed by atoms with Gasteiger partial charge in [-0.05, 0) is 56.9 Å². The second-order valence-corrected chi connectivity index (χ2v) is 9.54. The van der Waals surface area contributed by atoms with Gasteiger partial charge in [-0.25, -0.2) is 8.42 Å². The fourth-order valence-corrected chi connectivity index (χ4v) is 5.82. The number of hydrogen-bond acceptors (Lipinski definition) is 5. The molecule has 0 spiro atoms. The normalized spacial score (nSPS) is 18.0. The van der Waals surface area contributed by atoms with Gasteiger partial charge in [0.25, 0.3) is 0 Å². The van der Waals surface area contributed by atoms with Gasteiger partial charge in [0.2, 0.25) is 0 Å². The molecule has 6 nitrogen and oxygen atoms in total. The number of aryl methyl sites for hydroxylation is 2. The Morgan fingerprint density at radius 3 is 2.59 bits per heavy atom. The fraction of sp³-hybridized carbons (Fsp3) is 0.450. The van der Waals surface area contributed by atoms with E-state index in [0.717, 1.165) is 33.9 Å². The predicted octanol–water partition coefficient (Wildman–Crippen LogP) is 3.45. The number of rotatable bonds is 3. The highest BCUT2D eigenvalue weighted by atomic mass is 32.2. The summed E-state index contributed by atoms with van der Waals surface area (Å²) in [6, 6.07) is 3.81. The molecule has 0 saturated carbocycles. The summed E-state index contributed by atoms with van der Waals surface area (Å²) in [6.45, 7) is 7.66. The van der Waals surface area contributed by atoms with Crippen molar-refractivity contribution in [1.82, 2.24) is 10.2 Å². The standard InChI is InChI=1S/C20H25N3O3S/c1-13-11-18-16(5-4-8-23(18)20-14(2)15(3)21-22-20)12-19(13)27(24,25)17-6-9-26-10-7-17/h4-5,11-12,17H,6-10H2,1-3H3,(H,21,22). The number of nitrogens with zero attached hydrogens (tertiary/aromatic N) is 2. The highest BCUT2D eigenvalue weighted by Gasteiger charge is 2.32. The molecule has 0 bridgehead atoms. The van der Waals surface area contributed by atoms with Gasteiger partial charge in [0.1, 0.15) is 0 Å². The fourth-order valence-electron chi connectivity index (χ4n) is 3.85. The monoisotopic (exact) mass is 387 g/mol. The molecule has 0 atom stereocenters. The summed E-state index contributed by atoms with van der Waals surface area (Å²) in [6.07, 6.45) is 5.17. The highest BCUT2D eigenvalue weighted by Crippen LogP contribution is 2.37. The van der Waals surface area contributed by atoms with Gasteiger partial charge in [-0.15, -0.1) is 0 Å². The molecule has 0 aliphatic carbocycles. The molecule has 1 saturated heterocycles. The van der Waals surface area contributed by atoms with Gasteiger partial charge in [-0.1, -0.05) is 12.2 Å². The maximum atomic E-state index is 13.2. The van der Waals surface area contributed by atoms with E-state index in [1.54, 1.807) is 0 Å². The molecule has 2 aliphatic rings. The van der Waals surface area contributed by atoms with Gasteiger partial charge >= 0.3 is 0 Å². The number of anilines is 2. The average Bonchev–Trinajstić information content (AvgIpc) is 3.00. The van der Waals surface area contributed by atoms with E-state index >= 15 is 0 Å². The molecular formula is C20H25N3O3S. The quantitative estimate of drug-likeness (QED) is 0.873. The van der Waals surface area contributed by atoms with E-state index in [0.29, 0.717) is 37.5 Å². The van der Waals surface area contributed by atoms with E-state index in [9.17, 15) is 8.42 Å². The Morgan fingerprint density at radius 1 is 1.19 bits per heavy atom. The molecule has 3 heterocycles. The van der Waals surface area contributed by atoms with E-state index in [2.05, 4.69) is 15.1 Å². The average molecular weight is 388 g/mol. The summed E-state index contributed by atoms with van der Waals surface area (Å²) in [5.41, 5.74) is 4.84. The predicted molar refractivity (Wildman–Crippen MR) is 106 cm³/mol. The molecule has 2 aromatic rings. The van der Waals surface area contributed by atoms with Gasteiger partial charge < -0.3 is 9.64 Å². The first-order valence-electron chi connectivity index (χ1n) is 9.31. The SMILES string of the molecule is Cc1cc2c(cc1S(=O)(=O)C1CCOCC1)C=CCN2c1n[nH]c(C)c1C.